The largest absolute Gasteiger partial charge is 0.313 e. The molecule has 1 N–H and O–H groups in total. The zero-order chi connectivity index (χ0) is 12.8. The van der Waals surface area contributed by atoms with Gasteiger partial charge in [-0.3, -0.25) is 4.90 Å². The average Bonchev–Trinajstić information content (AvgIpc) is 3.21. The lowest BCUT2D eigenvalue weighted by molar-refractivity contribution is 0.128. The van der Waals surface area contributed by atoms with Crippen LogP contribution in [-0.4, -0.2) is 61.7 Å². The van der Waals surface area contributed by atoms with Crippen LogP contribution in [0, 0.1) is 5.92 Å². The van der Waals surface area contributed by atoms with E-state index in [1.807, 2.05) is 0 Å². The van der Waals surface area contributed by atoms with Crippen molar-refractivity contribution in [3.05, 3.63) is 0 Å². The maximum atomic E-state index is 3.66. The Morgan fingerprint density at radius 1 is 1.00 bits per heavy atom. The third-order valence-electron chi connectivity index (χ3n) is 4.52. The van der Waals surface area contributed by atoms with Crippen LogP contribution in [0.2, 0.25) is 0 Å². The molecule has 18 heavy (non-hydrogen) atoms. The zero-order valence-electron chi connectivity index (χ0n) is 12.3. The van der Waals surface area contributed by atoms with E-state index in [0.717, 1.165) is 18.5 Å². The highest BCUT2D eigenvalue weighted by Gasteiger charge is 2.26. The van der Waals surface area contributed by atoms with E-state index in [9.17, 15) is 0 Å². The summed E-state index contributed by atoms with van der Waals surface area (Å²) in [6.07, 6.45) is 5.48. The van der Waals surface area contributed by atoms with E-state index in [-0.39, 0.29) is 0 Å². The maximum Gasteiger partial charge on any atom is 0.0110 e. The maximum absolute atomic E-state index is 3.66. The van der Waals surface area contributed by atoms with Gasteiger partial charge in [0, 0.05) is 51.9 Å². The van der Waals surface area contributed by atoms with Gasteiger partial charge in [0.15, 0.2) is 0 Å². The highest BCUT2D eigenvalue weighted by Crippen LogP contribution is 2.29. The molecule has 3 heteroatoms. The molecule has 1 aliphatic heterocycles. The van der Waals surface area contributed by atoms with Crippen LogP contribution in [0.3, 0.4) is 0 Å². The first kappa shape index (κ1) is 14.3. The Bertz CT molecular complexity index is 216. The Labute approximate surface area is 113 Å². The molecule has 0 bridgehead atoms. The van der Waals surface area contributed by atoms with Gasteiger partial charge in [0.2, 0.25) is 0 Å². The molecule has 3 nitrogen and oxygen atoms in total. The molecule has 1 saturated carbocycles. The van der Waals surface area contributed by atoms with Gasteiger partial charge in [-0.2, -0.15) is 0 Å². The first-order chi connectivity index (χ1) is 8.81. The quantitative estimate of drug-likeness (QED) is 0.711. The fraction of sp³-hybridized carbons (Fsp3) is 1.00. The molecular weight excluding hydrogens is 222 g/mol. The van der Waals surface area contributed by atoms with Crippen molar-refractivity contribution >= 4 is 0 Å². The molecule has 0 atom stereocenters. The zero-order valence-corrected chi connectivity index (χ0v) is 12.3. The SMILES string of the molecule is CCC(CC)NCCN1CCN(CC2CC2)CC1. The van der Waals surface area contributed by atoms with Gasteiger partial charge in [-0.25, -0.2) is 0 Å². The van der Waals surface area contributed by atoms with Crippen molar-refractivity contribution in [2.45, 2.75) is 45.6 Å². The minimum absolute atomic E-state index is 0.723. The highest BCUT2D eigenvalue weighted by molar-refractivity contribution is 4.80. The van der Waals surface area contributed by atoms with Crippen LogP contribution in [0.15, 0.2) is 0 Å². The second-order valence-electron chi connectivity index (χ2n) is 6.05. The summed E-state index contributed by atoms with van der Waals surface area (Å²) in [5, 5.41) is 3.66. The number of hydrogen-bond donors (Lipinski definition) is 1. The molecule has 0 aromatic heterocycles. The molecule has 1 heterocycles. The average molecular weight is 253 g/mol. The second-order valence-corrected chi connectivity index (χ2v) is 6.05. The second kappa shape index (κ2) is 7.46. The standard InChI is InChI=1S/C15H31N3/c1-3-15(4-2)16-7-8-17-9-11-18(12-10-17)13-14-5-6-14/h14-16H,3-13H2,1-2H3. The first-order valence-electron chi connectivity index (χ1n) is 8.00. The summed E-state index contributed by atoms with van der Waals surface area (Å²) in [6, 6.07) is 0.723. The summed E-state index contributed by atoms with van der Waals surface area (Å²) in [6.45, 7) is 13.5. The van der Waals surface area contributed by atoms with Crippen molar-refractivity contribution in [3.8, 4) is 0 Å². The number of nitrogens with one attached hydrogen (secondary N) is 1. The van der Waals surface area contributed by atoms with E-state index in [0.29, 0.717) is 0 Å². The summed E-state index contributed by atoms with van der Waals surface area (Å²) in [7, 11) is 0. The van der Waals surface area contributed by atoms with Crippen LogP contribution < -0.4 is 5.32 Å². The molecule has 0 spiro atoms. The van der Waals surface area contributed by atoms with Gasteiger partial charge in [-0.1, -0.05) is 13.8 Å². The molecule has 106 valence electrons. The molecule has 2 aliphatic rings. The molecule has 0 aromatic carbocycles. The van der Waals surface area contributed by atoms with Crippen LogP contribution in [-0.2, 0) is 0 Å². The van der Waals surface area contributed by atoms with Crippen molar-refractivity contribution in [1.29, 1.82) is 0 Å². The monoisotopic (exact) mass is 253 g/mol. The van der Waals surface area contributed by atoms with Gasteiger partial charge in [-0.15, -0.1) is 0 Å². The fourth-order valence-corrected chi connectivity index (χ4v) is 2.87. The molecule has 0 unspecified atom stereocenters. The lowest BCUT2D eigenvalue weighted by atomic mass is 10.2. The molecule has 1 aliphatic carbocycles. The van der Waals surface area contributed by atoms with Gasteiger partial charge in [-0.05, 0) is 31.6 Å². The minimum atomic E-state index is 0.723. The topological polar surface area (TPSA) is 18.5 Å². The lowest BCUT2D eigenvalue weighted by Crippen LogP contribution is -2.49. The van der Waals surface area contributed by atoms with Crippen molar-refractivity contribution < 1.29 is 0 Å². The van der Waals surface area contributed by atoms with Crippen molar-refractivity contribution in [2.75, 3.05) is 45.8 Å². The van der Waals surface area contributed by atoms with E-state index in [1.54, 1.807) is 0 Å². The van der Waals surface area contributed by atoms with Gasteiger partial charge in [0.05, 0.1) is 0 Å². The minimum Gasteiger partial charge on any atom is -0.313 e. The van der Waals surface area contributed by atoms with Crippen LogP contribution >= 0.6 is 0 Å². The van der Waals surface area contributed by atoms with Crippen LogP contribution in [0.5, 0.6) is 0 Å². The number of hydrogen-bond acceptors (Lipinski definition) is 3. The van der Waals surface area contributed by atoms with Gasteiger partial charge >= 0.3 is 0 Å². The summed E-state index contributed by atoms with van der Waals surface area (Å²) >= 11 is 0. The predicted octanol–water partition coefficient (Wildman–Crippen LogP) is 1.79. The Morgan fingerprint density at radius 3 is 2.17 bits per heavy atom. The summed E-state index contributed by atoms with van der Waals surface area (Å²) in [5.41, 5.74) is 0. The third kappa shape index (κ3) is 4.87. The Morgan fingerprint density at radius 2 is 1.61 bits per heavy atom. The fourth-order valence-electron chi connectivity index (χ4n) is 2.87. The molecule has 2 rings (SSSR count). The molecular formula is C15H31N3. The first-order valence-corrected chi connectivity index (χ1v) is 8.00. The van der Waals surface area contributed by atoms with Crippen molar-refractivity contribution in [1.82, 2.24) is 15.1 Å². The van der Waals surface area contributed by atoms with Crippen molar-refractivity contribution in [2.24, 2.45) is 5.92 Å². The predicted molar refractivity (Wildman–Crippen MR) is 78.0 cm³/mol. The van der Waals surface area contributed by atoms with Gasteiger partial charge in [0.1, 0.15) is 0 Å². The lowest BCUT2D eigenvalue weighted by Gasteiger charge is -2.35. The van der Waals surface area contributed by atoms with E-state index in [1.165, 1.54) is 65.0 Å². The van der Waals surface area contributed by atoms with Gasteiger partial charge in [0.25, 0.3) is 0 Å². The van der Waals surface area contributed by atoms with Crippen molar-refractivity contribution in [3.63, 3.8) is 0 Å². The van der Waals surface area contributed by atoms with Crippen LogP contribution in [0.4, 0.5) is 0 Å². The Hall–Kier alpha value is -0.120. The highest BCUT2D eigenvalue weighted by atomic mass is 15.3. The molecule has 1 saturated heterocycles. The molecule has 0 aromatic rings. The smallest absolute Gasteiger partial charge is 0.0110 e. The number of piperazine rings is 1. The van der Waals surface area contributed by atoms with Gasteiger partial charge < -0.3 is 10.2 Å². The van der Waals surface area contributed by atoms with E-state index in [4.69, 9.17) is 0 Å². The molecule has 0 amide bonds. The van der Waals surface area contributed by atoms with E-state index in [2.05, 4.69) is 29.0 Å². The third-order valence-corrected chi connectivity index (χ3v) is 4.52. The van der Waals surface area contributed by atoms with Crippen LogP contribution in [0.25, 0.3) is 0 Å². The molecule has 2 fully saturated rings. The summed E-state index contributed by atoms with van der Waals surface area (Å²) < 4.78 is 0. The Kier molecular flexibility index (Phi) is 5.93. The summed E-state index contributed by atoms with van der Waals surface area (Å²) in [5.74, 6) is 1.05. The Balaban J connectivity index is 1.52. The van der Waals surface area contributed by atoms with E-state index >= 15 is 0 Å². The normalized spacial score (nSPS) is 22.8. The van der Waals surface area contributed by atoms with E-state index < -0.39 is 0 Å². The summed E-state index contributed by atoms with van der Waals surface area (Å²) in [4.78, 5) is 5.29. The number of rotatable bonds is 8. The van der Waals surface area contributed by atoms with Crippen LogP contribution in [0.1, 0.15) is 39.5 Å². The molecule has 0 radical (unpaired) electrons. The number of nitrogens with zero attached hydrogens (tertiary/aromatic N) is 2.